The molecule has 1 N–H and O–H groups in total. The van der Waals surface area contributed by atoms with E-state index in [0.717, 1.165) is 5.56 Å². The van der Waals surface area contributed by atoms with E-state index in [4.69, 9.17) is 21.1 Å². The first-order valence-electron chi connectivity index (χ1n) is 6.04. The van der Waals surface area contributed by atoms with Gasteiger partial charge in [0.25, 0.3) is 0 Å². The van der Waals surface area contributed by atoms with E-state index in [1.807, 2.05) is 18.2 Å². The Morgan fingerprint density at radius 2 is 1.80 bits per heavy atom. The molecule has 0 aliphatic heterocycles. The van der Waals surface area contributed by atoms with Crippen LogP contribution in [0.3, 0.4) is 0 Å². The molecule has 0 amide bonds. The third kappa shape index (κ3) is 3.33. The largest absolute Gasteiger partial charge is 0.493 e. The number of rotatable bonds is 5. The fourth-order valence-electron chi connectivity index (χ4n) is 1.82. The number of methoxy groups -OCH3 is 2. The summed E-state index contributed by atoms with van der Waals surface area (Å²) >= 11 is 5.99. The molecule has 0 radical (unpaired) electrons. The highest BCUT2D eigenvalue weighted by Gasteiger charge is 2.06. The van der Waals surface area contributed by atoms with Gasteiger partial charge in [-0.25, -0.2) is 4.39 Å². The Morgan fingerprint density at radius 3 is 2.50 bits per heavy atom. The molecule has 0 aliphatic rings. The summed E-state index contributed by atoms with van der Waals surface area (Å²) in [5.41, 5.74) is 1.53. The summed E-state index contributed by atoms with van der Waals surface area (Å²) in [7, 11) is 3.17. The van der Waals surface area contributed by atoms with Gasteiger partial charge >= 0.3 is 0 Å². The second-order valence-corrected chi connectivity index (χ2v) is 4.57. The van der Waals surface area contributed by atoms with Crippen LogP contribution in [-0.4, -0.2) is 14.2 Å². The third-order valence-corrected chi connectivity index (χ3v) is 3.19. The van der Waals surface area contributed by atoms with E-state index in [2.05, 4.69) is 5.32 Å². The summed E-state index contributed by atoms with van der Waals surface area (Å²) in [6.07, 6.45) is 0. The average Bonchev–Trinajstić information content (AvgIpc) is 2.47. The van der Waals surface area contributed by atoms with Crippen LogP contribution in [-0.2, 0) is 6.54 Å². The Hall–Kier alpha value is -1.94. The van der Waals surface area contributed by atoms with E-state index < -0.39 is 0 Å². The Kier molecular flexibility index (Phi) is 4.69. The van der Waals surface area contributed by atoms with Crippen LogP contribution in [0.4, 0.5) is 10.1 Å². The van der Waals surface area contributed by atoms with Gasteiger partial charge in [-0.3, -0.25) is 0 Å². The van der Waals surface area contributed by atoms with Crippen molar-refractivity contribution in [1.82, 2.24) is 0 Å². The first-order valence-corrected chi connectivity index (χ1v) is 6.41. The molecule has 20 heavy (non-hydrogen) atoms. The zero-order chi connectivity index (χ0) is 14.5. The quantitative estimate of drug-likeness (QED) is 0.900. The molecular formula is C15H15ClFNO2. The van der Waals surface area contributed by atoms with E-state index in [9.17, 15) is 4.39 Å². The van der Waals surface area contributed by atoms with Crippen molar-refractivity contribution >= 4 is 17.3 Å². The molecule has 0 aliphatic carbocycles. The minimum atomic E-state index is -0.329. The highest BCUT2D eigenvalue weighted by atomic mass is 35.5. The maximum Gasteiger partial charge on any atom is 0.161 e. The third-order valence-electron chi connectivity index (χ3n) is 2.86. The van der Waals surface area contributed by atoms with Crippen LogP contribution in [0.1, 0.15) is 5.56 Å². The van der Waals surface area contributed by atoms with Crippen LogP contribution in [0, 0.1) is 5.82 Å². The fraction of sp³-hybridized carbons (Fsp3) is 0.200. The number of anilines is 1. The van der Waals surface area contributed by atoms with E-state index >= 15 is 0 Å². The van der Waals surface area contributed by atoms with Crippen LogP contribution < -0.4 is 14.8 Å². The van der Waals surface area contributed by atoms with Crippen LogP contribution in [0.25, 0.3) is 0 Å². The van der Waals surface area contributed by atoms with Gasteiger partial charge in [-0.05, 0) is 35.9 Å². The normalized spacial score (nSPS) is 10.2. The molecule has 0 fully saturated rings. The standard InChI is InChI=1S/C15H15ClFNO2/c1-19-14-6-3-10(7-15(14)20-2)9-18-13-8-11(17)4-5-12(13)16/h3-8,18H,9H2,1-2H3. The molecule has 0 saturated carbocycles. The lowest BCUT2D eigenvalue weighted by Crippen LogP contribution is -2.01. The first kappa shape index (κ1) is 14.5. The number of nitrogens with one attached hydrogen (secondary N) is 1. The smallest absolute Gasteiger partial charge is 0.161 e. The lowest BCUT2D eigenvalue weighted by Gasteiger charge is -2.11. The average molecular weight is 296 g/mol. The Bertz CT molecular complexity index is 604. The second kappa shape index (κ2) is 6.48. The summed E-state index contributed by atoms with van der Waals surface area (Å²) in [4.78, 5) is 0. The van der Waals surface area contributed by atoms with Gasteiger partial charge in [0.1, 0.15) is 5.82 Å². The van der Waals surface area contributed by atoms with Crippen molar-refractivity contribution < 1.29 is 13.9 Å². The summed E-state index contributed by atoms with van der Waals surface area (Å²) in [6, 6.07) is 9.80. The van der Waals surface area contributed by atoms with E-state index in [1.165, 1.54) is 18.2 Å². The van der Waals surface area contributed by atoms with Crippen molar-refractivity contribution in [3.63, 3.8) is 0 Å². The van der Waals surface area contributed by atoms with Crippen molar-refractivity contribution in [2.45, 2.75) is 6.54 Å². The lowest BCUT2D eigenvalue weighted by atomic mass is 10.2. The number of benzene rings is 2. The van der Waals surface area contributed by atoms with Crippen LogP contribution in [0.2, 0.25) is 5.02 Å². The zero-order valence-corrected chi connectivity index (χ0v) is 12.0. The van der Waals surface area contributed by atoms with E-state index in [1.54, 1.807) is 14.2 Å². The number of hydrogen-bond donors (Lipinski definition) is 1. The van der Waals surface area contributed by atoms with E-state index in [0.29, 0.717) is 28.8 Å². The monoisotopic (exact) mass is 295 g/mol. The van der Waals surface area contributed by atoms with E-state index in [-0.39, 0.29) is 5.82 Å². The van der Waals surface area contributed by atoms with Gasteiger partial charge in [-0.15, -0.1) is 0 Å². The van der Waals surface area contributed by atoms with Gasteiger partial charge in [0.2, 0.25) is 0 Å². The molecule has 0 saturated heterocycles. The molecule has 2 rings (SSSR count). The minimum Gasteiger partial charge on any atom is -0.493 e. The van der Waals surface area contributed by atoms with Gasteiger partial charge < -0.3 is 14.8 Å². The van der Waals surface area contributed by atoms with Gasteiger partial charge in [0, 0.05) is 6.54 Å². The lowest BCUT2D eigenvalue weighted by molar-refractivity contribution is 0.354. The van der Waals surface area contributed by atoms with Crippen molar-refractivity contribution in [3.05, 3.63) is 52.8 Å². The summed E-state index contributed by atoms with van der Waals surface area (Å²) in [6.45, 7) is 0.503. The Labute approximate surface area is 122 Å². The second-order valence-electron chi connectivity index (χ2n) is 4.17. The predicted octanol–water partition coefficient (Wildman–Crippen LogP) is 4.11. The molecule has 0 aromatic heterocycles. The maximum absolute atomic E-state index is 13.2. The van der Waals surface area contributed by atoms with Gasteiger partial charge in [0.05, 0.1) is 24.9 Å². The molecule has 0 spiro atoms. The molecule has 5 heteroatoms. The zero-order valence-electron chi connectivity index (χ0n) is 11.2. The number of halogens is 2. The Balaban J connectivity index is 2.12. The summed E-state index contributed by atoms with van der Waals surface area (Å²) < 4.78 is 23.6. The number of hydrogen-bond acceptors (Lipinski definition) is 3. The van der Waals surface area contributed by atoms with Gasteiger partial charge in [-0.2, -0.15) is 0 Å². The van der Waals surface area contributed by atoms with Crippen LogP contribution in [0.5, 0.6) is 11.5 Å². The molecule has 106 valence electrons. The molecule has 2 aromatic rings. The first-order chi connectivity index (χ1) is 9.63. The summed E-state index contributed by atoms with van der Waals surface area (Å²) in [5, 5.41) is 3.57. The highest BCUT2D eigenvalue weighted by molar-refractivity contribution is 6.33. The van der Waals surface area contributed by atoms with Gasteiger partial charge in [0.15, 0.2) is 11.5 Å². The molecule has 0 unspecified atom stereocenters. The molecule has 0 atom stereocenters. The molecule has 0 heterocycles. The minimum absolute atomic E-state index is 0.329. The molecular weight excluding hydrogens is 281 g/mol. The topological polar surface area (TPSA) is 30.5 Å². The predicted molar refractivity (Wildman–Crippen MR) is 78.3 cm³/mol. The van der Waals surface area contributed by atoms with Crippen molar-refractivity contribution in [2.24, 2.45) is 0 Å². The highest BCUT2D eigenvalue weighted by Crippen LogP contribution is 2.28. The molecule has 2 aromatic carbocycles. The van der Waals surface area contributed by atoms with Crippen LogP contribution >= 0.6 is 11.6 Å². The van der Waals surface area contributed by atoms with Crippen molar-refractivity contribution in [3.8, 4) is 11.5 Å². The van der Waals surface area contributed by atoms with Crippen molar-refractivity contribution in [2.75, 3.05) is 19.5 Å². The SMILES string of the molecule is COc1ccc(CNc2cc(F)ccc2Cl)cc1OC. The maximum atomic E-state index is 13.2. The molecule has 0 bridgehead atoms. The fourth-order valence-corrected chi connectivity index (χ4v) is 2.01. The molecule has 3 nitrogen and oxygen atoms in total. The number of ether oxygens (including phenoxy) is 2. The van der Waals surface area contributed by atoms with Crippen molar-refractivity contribution in [1.29, 1.82) is 0 Å². The van der Waals surface area contributed by atoms with Gasteiger partial charge in [-0.1, -0.05) is 17.7 Å². The Morgan fingerprint density at radius 1 is 1.05 bits per heavy atom. The van der Waals surface area contributed by atoms with Crippen LogP contribution in [0.15, 0.2) is 36.4 Å². The summed E-state index contributed by atoms with van der Waals surface area (Å²) in [5.74, 6) is 0.987.